The standard InChI is InChI=1S/C22H23BrN2O5/c1-2-29-22(28)30-19-8-6-15(7-9-19)21(27)25-12-10-18(11-13-25)24-20(26)16-4-3-5-17(23)14-16/h3-9,14,18H,2,10-13H2,1H3,(H,24,26). The largest absolute Gasteiger partial charge is 0.513 e. The first-order chi connectivity index (χ1) is 14.5. The predicted molar refractivity (Wildman–Crippen MR) is 115 cm³/mol. The van der Waals surface area contributed by atoms with Crippen LogP contribution in [0, 0.1) is 0 Å². The van der Waals surface area contributed by atoms with Crippen molar-refractivity contribution in [3.05, 3.63) is 64.1 Å². The highest BCUT2D eigenvalue weighted by molar-refractivity contribution is 9.10. The molecule has 1 saturated heterocycles. The first kappa shape index (κ1) is 21.8. The zero-order valence-corrected chi connectivity index (χ0v) is 18.2. The van der Waals surface area contributed by atoms with Crippen molar-refractivity contribution in [3.8, 4) is 5.75 Å². The van der Waals surface area contributed by atoms with Gasteiger partial charge in [-0.25, -0.2) is 4.79 Å². The van der Waals surface area contributed by atoms with E-state index in [9.17, 15) is 14.4 Å². The molecule has 2 aromatic carbocycles. The Morgan fingerprint density at radius 3 is 2.40 bits per heavy atom. The molecule has 2 aromatic rings. The average molecular weight is 475 g/mol. The molecule has 1 aliphatic heterocycles. The van der Waals surface area contributed by atoms with Crippen LogP contribution in [0.25, 0.3) is 0 Å². The molecule has 1 heterocycles. The van der Waals surface area contributed by atoms with Crippen molar-refractivity contribution in [3.63, 3.8) is 0 Å². The molecule has 2 amide bonds. The van der Waals surface area contributed by atoms with Gasteiger partial charge < -0.3 is 19.7 Å². The Hall–Kier alpha value is -2.87. The number of piperidine rings is 1. The highest BCUT2D eigenvalue weighted by Gasteiger charge is 2.25. The van der Waals surface area contributed by atoms with Gasteiger partial charge in [0.1, 0.15) is 5.75 Å². The third-order valence-corrected chi connectivity index (χ3v) is 5.26. The maximum atomic E-state index is 12.7. The lowest BCUT2D eigenvalue weighted by molar-refractivity contribution is 0.0698. The van der Waals surface area contributed by atoms with Crippen molar-refractivity contribution in [2.45, 2.75) is 25.8 Å². The van der Waals surface area contributed by atoms with E-state index in [1.807, 2.05) is 12.1 Å². The summed E-state index contributed by atoms with van der Waals surface area (Å²) in [7, 11) is 0. The third kappa shape index (κ3) is 5.82. The number of benzene rings is 2. The molecule has 158 valence electrons. The van der Waals surface area contributed by atoms with Gasteiger partial charge in [0, 0.05) is 34.7 Å². The van der Waals surface area contributed by atoms with Gasteiger partial charge in [0.2, 0.25) is 0 Å². The van der Waals surface area contributed by atoms with E-state index in [1.165, 1.54) is 0 Å². The number of amides is 2. The van der Waals surface area contributed by atoms with Gasteiger partial charge >= 0.3 is 6.16 Å². The summed E-state index contributed by atoms with van der Waals surface area (Å²) >= 11 is 3.37. The fourth-order valence-corrected chi connectivity index (χ4v) is 3.62. The van der Waals surface area contributed by atoms with Crippen molar-refractivity contribution in [1.82, 2.24) is 10.2 Å². The van der Waals surface area contributed by atoms with Gasteiger partial charge in [0.15, 0.2) is 0 Å². The molecule has 1 N–H and O–H groups in total. The second-order valence-corrected chi connectivity index (χ2v) is 7.78. The monoisotopic (exact) mass is 474 g/mol. The van der Waals surface area contributed by atoms with Crippen molar-refractivity contribution >= 4 is 33.9 Å². The molecule has 3 rings (SSSR count). The van der Waals surface area contributed by atoms with E-state index in [4.69, 9.17) is 9.47 Å². The van der Waals surface area contributed by atoms with Gasteiger partial charge in [-0.05, 0) is 62.2 Å². The predicted octanol–water partition coefficient (Wildman–Crippen LogP) is 4.02. The first-order valence-electron chi connectivity index (χ1n) is 9.76. The molecule has 0 aliphatic carbocycles. The van der Waals surface area contributed by atoms with Crippen LogP contribution in [0.3, 0.4) is 0 Å². The summed E-state index contributed by atoms with van der Waals surface area (Å²) in [6.45, 7) is 3.04. The van der Waals surface area contributed by atoms with Crippen LogP contribution in [0.4, 0.5) is 4.79 Å². The Labute approximate surface area is 183 Å². The van der Waals surface area contributed by atoms with Gasteiger partial charge in [0.25, 0.3) is 11.8 Å². The van der Waals surface area contributed by atoms with Crippen LogP contribution in [0.5, 0.6) is 5.75 Å². The van der Waals surface area contributed by atoms with Gasteiger partial charge in [-0.3, -0.25) is 9.59 Å². The molecule has 0 unspecified atom stereocenters. The molecule has 1 fully saturated rings. The zero-order valence-electron chi connectivity index (χ0n) is 16.6. The van der Waals surface area contributed by atoms with Crippen molar-refractivity contribution in [1.29, 1.82) is 0 Å². The molecule has 7 nitrogen and oxygen atoms in total. The summed E-state index contributed by atoms with van der Waals surface area (Å²) < 4.78 is 10.6. The summed E-state index contributed by atoms with van der Waals surface area (Å²) in [6.07, 6.45) is 0.606. The Kier molecular flexibility index (Phi) is 7.46. The molecule has 0 bridgehead atoms. The molecule has 0 radical (unpaired) electrons. The SMILES string of the molecule is CCOC(=O)Oc1ccc(C(=O)N2CCC(NC(=O)c3cccc(Br)c3)CC2)cc1. The fraction of sp³-hybridized carbons (Fsp3) is 0.318. The molecule has 1 aliphatic rings. The Morgan fingerprint density at radius 2 is 1.77 bits per heavy atom. The lowest BCUT2D eigenvalue weighted by atomic mass is 10.0. The molecular formula is C22H23BrN2O5. The Balaban J connectivity index is 1.50. The number of rotatable bonds is 5. The quantitative estimate of drug-likeness (QED) is 0.522. The van der Waals surface area contributed by atoms with Crippen molar-refractivity contribution in [2.75, 3.05) is 19.7 Å². The van der Waals surface area contributed by atoms with Gasteiger partial charge in [-0.2, -0.15) is 0 Å². The molecule has 0 spiro atoms. The number of likely N-dealkylation sites (tertiary alicyclic amines) is 1. The van der Waals surface area contributed by atoms with E-state index in [0.29, 0.717) is 42.8 Å². The molecule has 8 heteroatoms. The molecule has 0 aromatic heterocycles. The van der Waals surface area contributed by atoms with Gasteiger partial charge in [-0.15, -0.1) is 0 Å². The van der Waals surface area contributed by atoms with Crippen LogP contribution in [-0.4, -0.2) is 48.6 Å². The van der Waals surface area contributed by atoms with E-state index in [-0.39, 0.29) is 24.5 Å². The van der Waals surface area contributed by atoms with Crippen molar-refractivity contribution in [2.24, 2.45) is 0 Å². The number of nitrogens with one attached hydrogen (secondary N) is 1. The maximum Gasteiger partial charge on any atom is 0.513 e. The van der Waals surface area contributed by atoms with Crippen LogP contribution >= 0.6 is 15.9 Å². The van der Waals surface area contributed by atoms with Crippen molar-refractivity contribution < 1.29 is 23.9 Å². The maximum absolute atomic E-state index is 12.7. The normalized spacial score (nSPS) is 14.1. The summed E-state index contributed by atoms with van der Waals surface area (Å²) in [5.41, 5.74) is 1.12. The summed E-state index contributed by atoms with van der Waals surface area (Å²) in [5.74, 6) is 0.117. The summed E-state index contributed by atoms with van der Waals surface area (Å²) in [4.78, 5) is 38.2. The molecular weight excluding hydrogens is 452 g/mol. The minimum absolute atomic E-state index is 0.0286. The second kappa shape index (κ2) is 10.2. The molecule has 30 heavy (non-hydrogen) atoms. The number of halogens is 1. The minimum atomic E-state index is -0.774. The van der Waals surface area contributed by atoms with Crippen LogP contribution < -0.4 is 10.1 Å². The lowest BCUT2D eigenvalue weighted by Crippen LogP contribution is -2.46. The van der Waals surface area contributed by atoms with E-state index >= 15 is 0 Å². The first-order valence-corrected chi connectivity index (χ1v) is 10.6. The van der Waals surface area contributed by atoms with Crippen LogP contribution in [0.15, 0.2) is 53.0 Å². The smallest absolute Gasteiger partial charge is 0.434 e. The second-order valence-electron chi connectivity index (χ2n) is 6.86. The van der Waals surface area contributed by atoms with Crippen LogP contribution in [0.2, 0.25) is 0 Å². The number of carbonyl (C=O) groups is 3. The third-order valence-electron chi connectivity index (χ3n) is 4.77. The topological polar surface area (TPSA) is 84.9 Å². The fourth-order valence-electron chi connectivity index (χ4n) is 3.22. The number of hydrogen-bond donors (Lipinski definition) is 1. The number of ether oxygens (including phenoxy) is 2. The molecule has 0 atom stereocenters. The summed E-state index contributed by atoms with van der Waals surface area (Å²) in [5, 5.41) is 3.04. The zero-order chi connectivity index (χ0) is 21.5. The minimum Gasteiger partial charge on any atom is -0.434 e. The van der Waals surface area contributed by atoms with Gasteiger partial charge in [-0.1, -0.05) is 22.0 Å². The number of carbonyl (C=O) groups excluding carboxylic acids is 3. The highest BCUT2D eigenvalue weighted by Crippen LogP contribution is 2.18. The van der Waals surface area contributed by atoms with E-state index in [2.05, 4.69) is 21.2 Å². The summed E-state index contributed by atoms with van der Waals surface area (Å²) in [6, 6.07) is 13.7. The Morgan fingerprint density at radius 1 is 1.07 bits per heavy atom. The van der Waals surface area contributed by atoms with E-state index in [1.54, 1.807) is 48.2 Å². The number of hydrogen-bond acceptors (Lipinski definition) is 5. The number of nitrogens with zero attached hydrogens (tertiary/aromatic N) is 1. The molecule has 0 saturated carbocycles. The van der Waals surface area contributed by atoms with E-state index < -0.39 is 6.16 Å². The van der Waals surface area contributed by atoms with Crippen LogP contribution in [0.1, 0.15) is 40.5 Å². The lowest BCUT2D eigenvalue weighted by Gasteiger charge is -2.32. The van der Waals surface area contributed by atoms with E-state index in [0.717, 1.165) is 4.47 Å². The Bertz CT molecular complexity index is 908. The van der Waals surface area contributed by atoms with Crippen LogP contribution in [-0.2, 0) is 4.74 Å². The highest BCUT2D eigenvalue weighted by atomic mass is 79.9. The average Bonchev–Trinajstić information content (AvgIpc) is 2.74. The van der Waals surface area contributed by atoms with Gasteiger partial charge in [0.05, 0.1) is 6.61 Å².